The number of carbonyl (C=O) groups is 4. The number of carboxylic acids is 1. The second kappa shape index (κ2) is 5.83. The third-order valence-corrected chi connectivity index (χ3v) is 4.50. The normalized spacial score (nSPS) is 25.4. The zero-order valence-corrected chi connectivity index (χ0v) is 12.1. The summed E-state index contributed by atoms with van der Waals surface area (Å²) in [5.41, 5.74) is -1.05. The summed E-state index contributed by atoms with van der Waals surface area (Å²) in [7, 11) is 0. The van der Waals surface area contributed by atoms with E-state index in [9.17, 15) is 24.3 Å². The van der Waals surface area contributed by atoms with E-state index in [4.69, 9.17) is 0 Å². The molecule has 1 atom stereocenters. The summed E-state index contributed by atoms with van der Waals surface area (Å²) >= 11 is 0. The number of imide groups is 1. The van der Waals surface area contributed by atoms with Crippen molar-refractivity contribution in [2.45, 2.75) is 51.5 Å². The predicted octanol–water partition coefficient (Wildman–Crippen LogP) is 0.285. The molecule has 0 aromatic rings. The van der Waals surface area contributed by atoms with Gasteiger partial charge in [0.05, 0.1) is 5.41 Å². The van der Waals surface area contributed by atoms with Crippen molar-refractivity contribution < 1.29 is 24.3 Å². The van der Waals surface area contributed by atoms with Gasteiger partial charge in [-0.25, -0.2) is 0 Å². The highest BCUT2D eigenvalue weighted by Gasteiger charge is 2.44. The minimum absolute atomic E-state index is 0.146. The SMILES string of the molecule is CC1C(=O)NC(=O)CN1C(=O)CC1(C(=O)O)CCCCC1. The lowest BCUT2D eigenvalue weighted by Gasteiger charge is -2.37. The molecule has 1 aliphatic carbocycles. The van der Waals surface area contributed by atoms with Crippen molar-refractivity contribution in [2.24, 2.45) is 5.41 Å². The second-order valence-electron chi connectivity index (χ2n) is 5.93. The van der Waals surface area contributed by atoms with Crippen LogP contribution in [0.15, 0.2) is 0 Å². The molecule has 0 spiro atoms. The Bertz CT molecular complexity index is 482. The molecule has 7 nitrogen and oxygen atoms in total. The van der Waals surface area contributed by atoms with Crippen molar-refractivity contribution in [1.82, 2.24) is 10.2 Å². The van der Waals surface area contributed by atoms with Gasteiger partial charge in [-0.3, -0.25) is 24.5 Å². The van der Waals surface area contributed by atoms with Crippen LogP contribution in [0.5, 0.6) is 0 Å². The topological polar surface area (TPSA) is 104 Å². The Labute approximate surface area is 122 Å². The molecule has 2 fully saturated rings. The van der Waals surface area contributed by atoms with E-state index in [-0.39, 0.29) is 13.0 Å². The van der Waals surface area contributed by atoms with Crippen molar-refractivity contribution >= 4 is 23.7 Å². The monoisotopic (exact) mass is 296 g/mol. The summed E-state index contributed by atoms with van der Waals surface area (Å²) in [4.78, 5) is 48.2. The van der Waals surface area contributed by atoms with E-state index in [2.05, 4.69) is 5.32 Å². The summed E-state index contributed by atoms with van der Waals surface area (Å²) in [6, 6.07) is -0.746. The molecule has 3 amide bonds. The van der Waals surface area contributed by atoms with Crippen LogP contribution < -0.4 is 5.32 Å². The fraction of sp³-hybridized carbons (Fsp3) is 0.714. The van der Waals surface area contributed by atoms with Gasteiger partial charge in [0.25, 0.3) is 0 Å². The molecular formula is C14H20N2O5. The number of amides is 3. The molecule has 1 saturated heterocycles. The Morgan fingerprint density at radius 1 is 1.29 bits per heavy atom. The Morgan fingerprint density at radius 2 is 1.90 bits per heavy atom. The highest BCUT2D eigenvalue weighted by Crippen LogP contribution is 2.40. The summed E-state index contributed by atoms with van der Waals surface area (Å²) in [5, 5.41) is 11.7. The summed E-state index contributed by atoms with van der Waals surface area (Å²) < 4.78 is 0. The zero-order valence-electron chi connectivity index (χ0n) is 12.1. The first-order chi connectivity index (χ1) is 9.85. The Hall–Kier alpha value is -1.92. The van der Waals surface area contributed by atoms with Gasteiger partial charge in [0, 0.05) is 6.42 Å². The number of carbonyl (C=O) groups excluding carboxylic acids is 3. The molecule has 1 heterocycles. The Kier molecular flexibility index (Phi) is 4.29. The van der Waals surface area contributed by atoms with Crippen LogP contribution in [0, 0.1) is 5.41 Å². The van der Waals surface area contributed by atoms with Crippen LogP contribution in [-0.2, 0) is 19.2 Å². The van der Waals surface area contributed by atoms with Gasteiger partial charge in [-0.05, 0) is 19.8 Å². The highest BCUT2D eigenvalue weighted by atomic mass is 16.4. The van der Waals surface area contributed by atoms with Crippen molar-refractivity contribution in [2.75, 3.05) is 6.54 Å². The van der Waals surface area contributed by atoms with Gasteiger partial charge in [0.15, 0.2) is 0 Å². The first-order valence-electron chi connectivity index (χ1n) is 7.22. The quantitative estimate of drug-likeness (QED) is 0.728. The van der Waals surface area contributed by atoms with E-state index < -0.39 is 35.1 Å². The van der Waals surface area contributed by atoms with Crippen LogP contribution in [0.1, 0.15) is 45.4 Å². The van der Waals surface area contributed by atoms with Crippen LogP contribution >= 0.6 is 0 Å². The van der Waals surface area contributed by atoms with Gasteiger partial charge in [-0.15, -0.1) is 0 Å². The number of aliphatic carboxylic acids is 1. The number of carboxylic acid groups (broad SMARTS) is 1. The number of hydrogen-bond acceptors (Lipinski definition) is 4. The molecule has 0 bridgehead atoms. The second-order valence-corrected chi connectivity index (χ2v) is 5.93. The summed E-state index contributed by atoms with van der Waals surface area (Å²) in [6.45, 7) is 1.34. The van der Waals surface area contributed by atoms with E-state index in [1.165, 1.54) is 11.8 Å². The van der Waals surface area contributed by atoms with Crippen LogP contribution in [0.25, 0.3) is 0 Å². The van der Waals surface area contributed by atoms with Crippen molar-refractivity contribution in [1.29, 1.82) is 0 Å². The van der Waals surface area contributed by atoms with E-state index in [0.717, 1.165) is 19.3 Å². The maximum Gasteiger partial charge on any atom is 0.310 e. The van der Waals surface area contributed by atoms with Crippen LogP contribution in [0.3, 0.4) is 0 Å². The Balaban J connectivity index is 2.13. The van der Waals surface area contributed by atoms with Gasteiger partial charge < -0.3 is 10.0 Å². The molecular weight excluding hydrogens is 276 g/mol. The Morgan fingerprint density at radius 3 is 2.48 bits per heavy atom. The first-order valence-corrected chi connectivity index (χ1v) is 7.22. The van der Waals surface area contributed by atoms with Gasteiger partial charge >= 0.3 is 5.97 Å². The van der Waals surface area contributed by atoms with E-state index >= 15 is 0 Å². The molecule has 0 radical (unpaired) electrons. The van der Waals surface area contributed by atoms with Gasteiger partial charge in [0.2, 0.25) is 17.7 Å². The standard InChI is InChI=1S/C14H20N2O5/c1-9-12(19)15-10(17)8-16(9)11(18)7-14(13(20)21)5-3-2-4-6-14/h9H,2-8H2,1H3,(H,20,21)(H,15,17,19). The van der Waals surface area contributed by atoms with Crippen LogP contribution in [0.2, 0.25) is 0 Å². The van der Waals surface area contributed by atoms with E-state index in [0.29, 0.717) is 12.8 Å². The molecule has 2 N–H and O–H groups in total. The largest absolute Gasteiger partial charge is 0.481 e. The molecule has 2 aliphatic rings. The molecule has 1 aliphatic heterocycles. The number of hydrogen-bond donors (Lipinski definition) is 2. The molecule has 1 saturated carbocycles. The predicted molar refractivity (Wildman–Crippen MR) is 72.1 cm³/mol. The molecule has 116 valence electrons. The molecule has 0 aromatic carbocycles. The van der Waals surface area contributed by atoms with Gasteiger partial charge in [-0.1, -0.05) is 19.3 Å². The molecule has 7 heteroatoms. The molecule has 1 unspecified atom stereocenters. The van der Waals surface area contributed by atoms with Crippen LogP contribution in [-0.4, -0.2) is 46.3 Å². The smallest absolute Gasteiger partial charge is 0.310 e. The number of piperazine rings is 1. The molecule has 2 rings (SSSR count). The average Bonchev–Trinajstić information content (AvgIpc) is 2.43. The van der Waals surface area contributed by atoms with Crippen molar-refractivity contribution in [3.63, 3.8) is 0 Å². The average molecular weight is 296 g/mol. The van der Waals surface area contributed by atoms with Gasteiger partial charge in [-0.2, -0.15) is 0 Å². The van der Waals surface area contributed by atoms with E-state index in [1.807, 2.05) is 0 Å². The third-order valence-electron chi connectivity index (χ3n) is 4.50. The lowest BCUT2D eigenvalue weighted by Crippen LogP contribution is -2.59. The van der Waals surface area contributed by atoms with E-state index in [1.54, 1.807) is 0 Å². The lowest BCUT2D eigenvalue weighted by molar-refractivity contribution is -0.158. The fourth-order valence-electron chi connectivity index (χ4n) is 3.10. The lowest BCUT2D eigenvalue weighted by atomic mass is 9.71. The maximum absolute atomic E-state index is 12.4. The van der Waals surface area contributed by atoms with Crippen molar-refractivity contribution in [3.05, 3.63) is 0 Å². The van der Waals surface area contributed by atoms with Crippen molar-refractivity contribution in [3.8, 4) is 0 Å². The summed E-state index contributed by atoms with van der Waals surface area (Å²) in [6.07, 6.45) is 3.34. The first kappa shape index (κ1) is 15.5. The number of rotatable bonds is 3. The third kappa shape index (κ3) is 3.06. The minimum atomic E-state index is -1.05. The zero-order chi connectivity index (χ0) is 15.6. The van der Waals surface area contributed by atoms with Crippen LogP contribution in [0.4, 0.5) is 0 Å². The highest BCUT2D eigenvalue weighted by molar-refractivity contribution is 6.04. The summed E-state index contributed by atoms with van der Waals surface area (Å²) in [5.74, 6) is -2.45. The number of nitrogens with zero attached hydrogens (tertiary/aromatic N) is 1. The minimum Gasteiger partial charge on any atom is -0.481 e. The fourth-order valence-corrected chi connectivity index (χ4v) is 3.10. The number of nitrogens with one attached hydrogen (secondary N) is 1. The molecule has 0 aromatic heterocycles. The van der Waals surface area contributed by atoms with Gasteiger partial charge in [0.1, 0.15) is 12.6 Å². The maximum atomic E-state index is 12.4. The molecule has 21 heavy (non-hydrogen) atoms.